The number of hydrogen-bond donors (Lipinski definition) is 2. The van der Waals surface area contributed by atoms with E-state index in [2.05, 4.69) is 29.1 Å². The zero-order chi connectivity index (χ0) is 16.8. The van der Waals surface area contributed by atoms with E-state index in [0.29, 0.717) is 12.1 Å². The van der Waals surface area contributed by atoms with Crippen molar-refractivity contribution in [3.8, 4) is 0 Å². The van der Waals surface area contributed by atoms with Crippen LogP contribution in [0.4, 0.5) is 0 Å². The first-order valence-corrected chi connectivity index (χ1v) is 8.34. The van der Waals surface area contributed by atoms with E-state index in [9.17, 15) is 4.79 Å². The third-order valence-corrected chi connectivity index (χ3v) is 4.29. The monoisotopic (exact) mass is 444 g/mol. The summed E-state index contributed by atoms with van der Waals surface area (Å²) in [7, 11) is 1.83. The Bertz CT molecular complexity index is 557. The van der Waals surface area contributed by atoms with Gasteiger partial charge in [0.05, 0.1) is 0 Å². The molecule has 1 saturated heterocycles. The molecule has 0 saturated carbocycles. The number of carbonyl (C=O) groups excluding carboxylic acids is 1. The Labute approximate surface area is 162 Å². The van der Waals surface area contributed by atoms with Crippen molar-refractivity contribution in [2.75, 3.05) is 20.1 Å². The van der Waals surface area contributed by atoms with Crippen LogP contribution in [0, 0.1) is 11.8 Å². The Balaban J connectivity index is 0.00000288. The molecule has 0 aromatic heterocycles. The molecule has 2 rings (SSSR count). The van der Waals surface area contributed by atoms with Gasteiger partial charge in [0.2, 0.25) is 5.91 Å². The lowest BCUT2D eigenvalue weighted by Gasteiger charge is -2.22. The van der Waals surface area contributed by atoms with Gasteiger partial charge in [-0.25, -0.2) is 0 Å². The maximum atomic E-state index is 11.1. The Hall–Kier alpha value is -1.31. The Kier molecular flexibility index (Phi) is 8.52. The summed E-state index contributed by atoms with van der Waals surface area (Å²) in [6.07, 6.45) is 2.52. The van der Waals surface area contributed by atoms with Gasteiger partial charge < -0.3 is 16.0 Å². The Morgan fingerprint density at radius 3 is 2.58 bits per heavy atom. The number of nitrogens with one attached hydrogen (secondary N) is 1. The maximum Gasteiger partial charge on any atom is 0.248 e. The van der Waals surface area contributed by atoms with E-state index in [-0.39, 0.29) is 24.0 Å². The molecule has 1 aromatic rings. The lowest BCUT2D eigenvalue weighted by atomic mass is 9.97. The predicted molar refractivity (Wildman–Crippen MR) is 110 cm³/mol. The molecule has 1 aliphatic heterocycles. The number of primary amides is 1. The number of rotatable bonds is 5. The minimum absolute atomic E-state index is 0. The Morgan fingerprint density at radius 1 is 1.38 bits per heavy atom. The van der Waals surface area contributed by atoms with E-state index in [1.54, 1.807) is 12.1 Å². The van der Waals surface area contributed by atoms with Crippen LogP contribution in [-0.4, -0.2) is 36.9 Å². The predicted octanol–water partition coefficient (Wildman–Crippen LogP) is 2.85. The quantitative estimate of drug-likeness (QED) is 0.417. The minimum atomic E-state index is -0.395. The number of amides is 1. The van der Waals surface area contributed by atoms with Crippen LogP contribution in [0.1, 0.15) is 42.6 Å². The van der Waals surface area contributed by atoms with Crippen molar-refractivity contribution in [3.63, 3.8) is 0 Å². The first kappa shape index (κ1) is 20.7. The molecule has 24 heavy (non-hydrogen) atoms. The van der Waals surface area contributed by atoms with Crippen LogP contribution >= 0.6 is 24.0 Å². The van der Waals surface area contributed by atoms with Gasteiger partial charge in [-0.3, -0.25) is 9.79 Å². The molecule has 1 fully saturated rings. The van der Waals surface area contributed by atoms with Crippen LogP contribution in [0.25, 0.3) is 0 Å². The molecule has 1 heterocycles. The molecular weight excluding hydrogens is 415 g/mol. The number of carbonyl (C=O) groups is 1. The summed E-state index contributed by atoms with van der Waals surface area (Å²) in [5, 5.41) is 3.41. The number of halogens is 1. The lowest BCUT2D eigenvalue weighted by molar-refractivity contribution is 0.100. The molecule has 0 bridgehead atoms. The van der Waals surface area contributed by atoms with Crippen molar-refractivity contribution in [1.29, 1.82) is 0 Å². The van der Waals surface area contributed by atoms with E-state index in [1.165, 1.54) is 12.8 Å². The molecule has 1 aromatic carbocycles. The average molecular weight is 444 g/mol. The van der Waals surface area contributed by atoms with E-state index in [0.717, 1.165) is 36.4 Å². The highest BCUT2D eigenvalue weighted by Gasteiger charge is 2.25. The van der Waals surface area contributed by atoms with Gasteiger partial charge in [-0.15, -0.1) is 24.0 Å². The molecule has 1 amide bonds. The van der Waals surface area contributed by atoms with Gasteiger partial charge in [0.25, 0.3) is 0 Å². The van der Waals surface area contributed by atoms with E-state index in [1.807, 2.05) is 19.2 Å². The van der Waals surface area contributed by atoms with Gasteiger partial charge in [0.1, 0.15) is 0 Å². The highest BCUT2D eigenvalue weighted by Crippen LogP contribution is 2.23. The molecule has 1 aliphatic rings. The van der Waals surface area contributed by atoms with Crippen molar-refractivity contribution in [2.24, 2.45) is 22.6 Å². The molecule has 134 valence electrons. The first-order valence-electron chi connectivity index (χ1n) is 8.34. The minimum Gasteiger partial charge on any atom is -0.366 e. The molecule has 0 spiro atoms. The first-order chi connectivity index (χ1) is 11.0. The lowest BCUT2D eigenvalue weighted by Crippen LogP contribution is -2.39. The normalized spacial score (nSPS) is 17.8. The fourth-order valence-electron chi connectivity index (χ4n) is 3.18. The topological polar surface area (TPSA) is 70.7 Å². The fourth-order valence-corrected chi connectivity index (χ4v) is 3.18. The molecule has 5 nitrogen and oxygen atoms in total. The molecule has 3 N–H and O–H groups in total. The van der Waals surface area contributed by atoms with Gasteiger partial charge in [-0.05, 0) is 42.4 Å². The largest absolute Gasteiger partial charge is 0.366 e. The molecule has 0 radical (unpaired) electrons. The van der Waals surface area contributed by atoms with Crippen molar-refractivity contribution in [1.82, 2.24) is 10.2 Å². The smallest absolute Gasteiger partial charge is 0.248 e. The van der Waals surface area contributed by atoms with Gasteiger partial charge in [-0.1, -0.05) is 26.0 Å². The average Bonchev–Trinajstić information content (AvgIpc) is 2.96. The highest BCUT2D eigenvalue weighted by molar-refractivity contribution is 14.0. The second-order valence-electron chi connectivity index (χ2n) is 6.69. The third kappa shape index (κ3) is 5.96. The molecule has 1 atom stereocenters. The number of benzene rings is 1. The standard InChI is InChI=1S/C18H28N4O.HI/c1-13(2)10-15-8-9-22(12-15)18(20-3)21-11-14-4-6-16(7-5-14)17(19)23;/h4-7,13,15H,8-12H2,1-3H3,(H2,19,23)(H,20,21);1H. The van der Waals surface area contributed by atoms with Gasteiger partial charge in [0.15, 0.2) is 5.96 Å². The number of guanidine groups is 1. The maximum absolute atomic E-state index is 11.1. The van der Waals surface area contributed by atoms with Crippen LogP contribution in [0.2, 0.25) is 0 Å². The molecule has 6 heteroatoms. The van der Waals surface area contributed by atoms with Crippen LogP contribution in [0.3, 0.4) is 0 Å². The van der Waals surface area contributed by atoms with Crippen molar-refractivity contribution < 1.29 is 4.79 Å². The summed E-state index contributed by atoms with van der Waals surface area (Å²) in [5.74, 6) is 2.07. The van der Waals surface area contributed by atoms with E-state index < -0.39 is 5.91 Å². The van der Waals surface area contributed by atoms with Crippen molar-refractivity contribution >= 4 is 35.8 Å². The Morgan fingerprint density at radius 2 is 2.04 bits per heavy atom. The number of aliphatic imine (C=N–C) groups is 1. The second kappa shape index (κ2) is 9.86. The summed E-state index contributed by atoms with van der Waals surface area (Å²) in [6, 6.07) is 7.37. The van der Waals surface area contributed by atoms with Crippen LogP contribution < -0.4 is 11.1 Å². The number of nitrogens with zero attached hydrogens (tertiary/aromatic N) is 2. The number of nitrogens with two attached hydrogens (primary N) is 1. The van der Waals surface area contributed by atoms with E-state index >= 15 is 0 Å². The van der Waals surface area contributed by atoms with Crippen LogP contribution in [-0.2, 0) is 6.54 Å². The summed E-state index contributed by atoms with van der Waals surface area (Å²) in [5.41, 5.74) is 6.90. The zero-order valence-corrected chi connectivity index (χ0v) is 17.1. The highest BCUT2D eigenvalue weighted by atomic mass is 127. The third-order valence-electron chi connectivity index (χ3n) is 4.29. The van der Waals surface area contributed by atoms with E-state index in [4.69, 9.17) is 5.73 Å². The SMILES string of the molecule is CN=C(NCc1ccc(C(N)=O)cc1)N1CCC(CC(C)C)C1.I. The zero-order valence-electron chi connectivity index (χ0n) is 14.8. The summed E-state index contributed by atoms with van der Waals surface area (Å²) < 4.78 is 0. The number of hydrogen-bond acceptors (Lipinski definition) is 2. The summed E-state index contributed by atoms with van der Waals surface area (Å²) in [6.45, 7) is 7.41. The molecule has 0 aliphatic carbocycles. The van der Waals surface area contributed by atoms with Crippen LogP contribution in [0.5, 0.6) is 0 Å². The molecular formula is C18H29IN4O. The summed E-state index contributed by atoms with van der Waals surface area (Å²) >= 11 is 0. The second-order valence-corrected chi connectivity index (χ2v) is 6.69. The summed E-state index contributed by atoms with van der Waals surface area (Å²) in [4.78, 5) is 17.8. The van der Waals surface area contributed by atoms with Gasteiger partial charge in [0, 0.05) is 32.2 Å². The van der Waals surface area contributed by atoms with Gasteiger partial charge in [-0.2, -0.15) is 0 Å². The fraction of sp³-hybridized carbons (Fsp3) is 0.556. The van der Waals surface area contributed by atoms with Crippen LogP contribution in [0.15, 0.2) is 29.3 Å². The van der Waals surface area contributed by atoms with Crippen molar-refractivity contribution in [3.05, 3.63) is 35.4 Å². The van der Waals surface area contributed by atoms with Gasteiger partial charge >= 0.3 is 0 Å². The molecule has 1 unspecified atom stereocenters. The number of likely N-dealkylation sites (tertiary alicyclic amines) is 1. The van der Waals surface area contributed by atoms with Crippen molar-refractivity contribution in [2.45, 2.75) is 33.2 Å².